The van der Waals surface area contributed by atoms with Gasteiger partial charge in [-0.3, -0.25) is 4.68 Å². The minimum atomic E-state index is 0.150. The van der Waals surface area contributed by atoms with Crippen molar-refractivity contribution in [3.8, 4) is 0 Å². The Morgan fingerprint density at radius 3 is 2.76 bits per heavy atom. The van der Waals surface area contributed by atoms with Crippen molar-refractivity contribution in [2.24, 2.45) is 0 Å². The van der Waals surface area contributed by atoms with Crippen molar-refractivity contribution in [1.29, 1.82) is 0 Å². The molecule has 1 aromatic carbocycles. The number of aromatic amines is 1. The van der Waals surface area contributed by atoms with E-state index in [0.717, 1.165) is 23.4 Å². The van der Waals surface area contributed by atoms with E-state index in [1.807, 2.05) is 35.1 Å². The molecule has 0 spiro atoms. The Hall–Kier alpha value is -2.14. The number of nitrogens with one attached hydrogen (secondary N) is 2. The predicted octanol–water partition coefficient (Wildman–Crippen LogP) is 3.19. The number of hydrogen-bond acceptors (Lipinski definition) is 3. The van der Waals surface area contributed by atoms with E-state index in [1.165, 1.54) is 5.56 Å². The second kappa shape index (κ2) is 5.69. The largest absolute Gasteiger partial charge is 0.341 e. The van der Waals surface area contributed by atoms with E-state index in [0.29, 0.717) is 0 Å². The van der Waals surface area contributed by atoms with Crippen molar-refractivity contribution < 1.29 is 0 Å². The van der Waals surface area contributed by atoms with Crippen LogP contribution in [0.15, 0.2) is 36.7 Å². The van der Waals surface area contributed by atoms with Crippen LogP contribution in [0.1, 0.15) is 44.2 Å². The van der Waals surface area contributed by atoms with Gasteiger partial charge < -0.3 is 10.3 Å². The summed E-state index contributed by atoms with van der Waals surface area (Å²) in [6.45, 7) is 7.26. The Balaban J connectivity index is 1.74. The van der Waals surface area contributed by atoms with E-state index in [-0.39, 0.29) is 12.1 Å². The molecule has 0 aliphatic rings. The molecule has 2 heterocycles. The van der Waals surface area contributed by atoms with Crippen molar-refractivity contribution in [3.05, 3.63) is 48.0 Å². The summed E-state index contributed by atoms with van der Waals surface area (Å²) in [5.74, 6) is 0.964. The monoisotopic (exact) mass is 283 g/mol. The molecular formula is C16H21N5. The molecule has 0 amide bonds. The van der Waals surface area contributed by atoms with Gasteiger partial charge in [0.1, 0.15) is 5.82 Å². The van der Waals surface area contributed by atoms with Crippen molar-refractivity contribution in [1.82, 2.24) is 25.1 Å². The molecule has 2 unspecified atom stereocenters. The average molecular weight is 283 g/mol. The SMILES string of the molecule is CCn1cc(C(C)NC(C)c2nc3ccccc3[nH]2)cn1. The van der Waals surface area contributed by atoms with E-state index >= 15 is 0 Å². The first-order valence-electron chi connectivity index (χ1n) is 7.40. The Bertz CT molecular complexity index is 694. The smallest absolute Gasteiger partial charge is 0.124 e. The van der Waals surface area contributed by atoms with Crippen molar-refractivity contribution in [3.63, 3.8) is 0 Å². The van der Waals surface area contributed by atoms with Crippen LogP contribution in [0.3, 0.4) is 0 Å². The second-order valence-electron chi connectivity index (χ2n) is 5.38. The van der Waals surface area contributed by atoms with E-state index in [9.17, 15) is 0 Å². The number of nitrogens with zero attached hydrogens (tertiary/aromatic N) is 3. The number of benzene rings is 1. The topological polar surface area (TPSA) is 58.5 Å². The lowest BCUT2D eigenvalue weighted by Gasteiger charge is -2.17. The molecule has 0 fully saturated rings. The molecule has 0 radical (unpaired) electrons. The predicted molar refractivity (Wildman–Crippen MR) is 84.0 cm³/mol. The van der Waals surface area contributed by atoms with Crippen LogP contribution in [0.4, 0.5) is 0 Å². The quantitative estimate of drug-likeness (QED) is 0.756. The molecule has 3 aromatic rings. The van der Waals surface area contributed by atoms with Gasteiger partial charge in [-0.05, 0) is 32.9 Å². The van der Waals surface area contributed by atoms with Crippen LogP contribution in [0.25, 0.3) is 11.0 Å². The fourth-order valence-electron chi connectivity index (χ4n) is 2.50. The highest BCUT2D eigenvalue weighted by Crippen LogP contribution is 2.19. The van der Waals surface area contributed by atoms with E-state index < -0.39 is 0 Å². The van der Waals surface area contributed by atoms with Crippen molar-refractivity contribution >= 4 is 11.0 Å². The summed E-state index contributed by atoms with van der Waals surface area (Å²) < 4.78 is 1.94. The van der Waals surface area contributed by atoms with Gasteiger partial charge >= 0.3 is 0 Å². The number of hydrogen-bond donors (Lipinski definition) is 2. The molecule has 0 saturated heterocycles. The second-order valence-corrected chi connectivity index (χ2v) is 5.38. The number of aromatic nitrogens is 4. The van der Waals surface area contributed by atoms with Crippen LogP contribution in [0, 0.1) is 0 Å². The third kappa shape index (κ3) is 2.83. The highest BCUT2D eigenvalue weighted by Gasteiger charge is 2.15. The lowest BCUT2D eigenvalue weighted by molar-refractivity contribution is 0.479. The number of fused-ring (bicyclic) bond motifs is 1. The summed E-state index contributed by atoms with van der Waals surface area (Å²) in [6.07, 6.45) is 4.01. The lowest BCUT2D eigenvalue weighted by atomic mass is 10.1. The number of H-pyrrole nitrogens is 1. The van der Waals surface area contributed by atoms with Gasteiger partial charge in [0.25, 0.3) is 0 Å². The van der Waals surface area contributed by atoms with Gasteiger partial charge in [0.05, 0.1) is 23.3 Å². The summed E-state index contributed by atoms with van der Waals surface area (Å²) in [5.41, 5.74) is 3.28. The molecule has 110 valence electrons. The lowest BCUT2D eigenvalue weighted by Crippen LogP contribution is -2.23. The van der Waals surface area contributed by atoms with E-state index in [2.05, 4.69) is 47.4 Å². The fraction of sp³-hybridized carbons (Fsp3) is 0.375. The molecule has 3 rings (SSSR count). The highest BCUT2D eigenvalue weighted by molar-refractivity contribution is 5.74. The molecule has 21 heavy (non-hydrogen) atoms. The van der Waals surface area contributed by atoms with Crippen LogP contribution in [-0.2, 0) is 6.54 Å². The number of aryl methyl sites for hydroxylation is 1. The summed E-state index contributed by atoms with van der Waals surface area (Å²) in [7, 11) is 0. The van der Waals surface area contributed by atoms with Gasteiger partial charge in [0, 0.05) is 24.3 Å². The molecular weight excluding hydrogens is 262 g/mol. The summed E-state index contributed by atoms with van der Waals surface area (Å²) >= 11 is 0. The minimum Gasteiger partial charge on any atom is -0.341 e. The molecule has 2 N–H and O–H groups in total. The Morgan fingerprint density at radius 1 is 1.24 bits per heavy atom. The zero-order chi connectivity index (χ0) is 14.8. The molecule has 0 bridgehead atoms. The summed E-state index contributed by atoms with van der Waals surface area (Å²) in [4.78, 5) is 8.02. The van der Waals surface area contributed by atoms with Crippen LogP contribution >= 0.6 is 0 Å². The highest BCUT2D eigenvalue weighted by atomic mass is 15.3. The van der Waals surface area contributed by atoms with E-state index in [1.54, 1.807) is 0 Å². The minimum absolute atomic E-state index is 0.150. The summed E-state index contributed by atoms with van der Waals surface area (Å²) in [6, 6.07) is 8.48. The maximum absolute atomic E-state index is 4.64. The molecule has 0 aliphatic heterocycles. The molecule has 0 aliphatic carbocycles. The third-order valence-electron chi connectivity index (χ3n) is 3.80. The first-order valence-corrected chi connectivity index (χ1v) is 7.40. The van der Waals surface area contributed by atoms with Gasteiger partial charge in [0.15, 0.2) is 0 Å². The number of imidazole rings is 1. The zero-order valence-electron chi connectivity index (χ0n) is 12.7. The van der Waals surface area contributed by atoms with Crippen molar-refractivity contribution in [2.75, 3.05) is 0 Å². The van der Waals surface area contributed by atoms with Gasteiger partial charge in [0.2, 0.25) is 0 Å². The van der Waals surface area contributed by atoms with Crippen LogP contribution in [0.5, 0.6) is 0 Å². The third-order valence-corrected chi connectivity index (χ3v) is 3.80. The van der Waals surface area contributed by atoms with Gasteiger partial charge in [-0.25, -0.2) is 4.98 Å². The van der Waals surface area contributed by atoms with Gasteiger partial charge in [-0.15, -0.1) is 0 Å². The standard InChI is InChI=1S/C16H21N5/c1-4-21-10-13(9-17-21)11(2)18-12(3)16-19-14-7-5-6-8-15(14)20-16/h5-12,18H,4H2,1-3H3,(H,19,20). The normalized spacial score (nSPS) is 14.4. The maximum Gasteiger partial charge on any atom is 0.124 e. The zero-order valence-corrected chi connectivity index (χ0v) is 12.7. The van der Waals surface area contributed by atoms with E-state index in [4.69, 9.17) is 0 Å². The van der Waals surface area contributed by atoms with Crippen LogP contribution in [0.2, 0.25) is 0 Å². The van der Waals surface area contributed by atoms with Crippen molar-refractivity contribution in [2.45, 2.75) is 39.4 Å². The van der Waals surface area contributed by atoms with Crippen LogP contribution in [-0.4, -0.2) is 19.7 Å². The Morgan fingerprint density at radius 2 is 2.05 bits per heavy atom. The molecule has 2 aromatic heterocycles. The Kier molecular flexibility index (Phi) is 3.75. The number of rotatable bonds is 5. The average Bonchev–Trinajstić information content (AvgIpc) is 3.13. The molecule has 5 heteroatoms. The van der Waals surface area contributed by atoms with Gasteiger partial charge in [-0.2, -0.15) is 5.10 Å². The fourth-order valence-corrected chi connectivity index (χ4v) is 2.50. The molecule has 0 saturated carbocycles. The molecule has 2 atom stereocenters. The van der Waals surface area contributed by atoms with Crippen LogP contribution < -0.4 is 5.32 Å². The number of para-hydroxylation sites is 2. The first kappa shape index (κ1) is 13.8. The van der Waals surface area contributed by atoms with Gasteiger partial charge in [-0.1, -0.05) is 12.1 Å². The first-order chi connectivity index (χ1) is 10.2. The Labute approximate surface area is 124 Å². The maximum atomic E-state index is 4.64. The molecule has 5 nitrogen and oxygen atoms in total. The summed E-state index contributed by atoms with van der Waals surface area (Å²) in [5, 5.41) is 7.89.